The van der Waals surface area contributed by atoms with E-state index in [-0.39, 0.29) is 6.42 Å². The largest absolute Gasteiger partial charge is 0.496 e. The summed E-state index contributed by atoms with van der Waals surface area (Å²) >= 11 is 0. The molecule has 0 aliphatic heterocycles. The van der Waals surface area contributed by atoms with Gasteiger partial charge < -0.3 is 14.6 Å². The third-order valence-electron chi connectivity index (χ3n) is 2.59. The molecule has 4 nitrogen and oxygen atoms in total. The maximum atomic E-state index is 11.6. The molecule has 16 heavy (non-hydrogen) atoms. The Morgan fingerprint density at radius 3 is 2.50 bits per heavy atom. The van der Waals surface area contributed by atoms with Crippen LogP contribution in [-0.2, 0) is 15.1 Å². The summed E-state index contributed by atoms with van der Waals surface area (Å²) in [5, 5.41) is 10.3. The van der Waals surface area contributed by atoms with Crippen LogP contribution in [0.4, 0.5) is 0 Å². The van der Waals surface area contributed by atoms with Gasteiger partial charge in [0.15, 0.2) is 5.60 Å². The predicted molar refractivity (Wildman–Crippen MR) is 59.2 cm³/mol. The molecule has 0 aliphatic carbocycles. The zero-order valence-corrected chi connectivity index (χ0v) is 9.69. The molecular weight excluding hydrogens is 208 g/mol. The molecule has 0 fully saturated rings. The Labute approximate surface area is 94.8 Å². The van der Waals surface area contributed by atoms with E-state index >= 15 is 0 Å². The van der Waals surface area contributed by atoms with Crippen molar-refractivity contribution in [3.8, 4) is 5.75 Å². The summed E-state index contributed by atoms with van der Waals surface area (Å²) in [6, 6.07) is 6.86. The Balaban J connectivity index is 3.27. The normalized spacial score (nSPS) is 14.0. The van der Waals surface area contributed by atoms with Gasteiger partial charge in [-0.1, -0.05) is 25.1 Å². The molecule has 1 N–H and O–H groups in total. The Morgan fingerprint density at radius 2 is 2.00 bits per heavy atom. The van der Waals surface area contributed by atoms with E-state index in [1.165, 1.54) is 14.2 Å². The monoisotopic (exact) mass is 224 g/mol. The van der Waals surface area contributed by atoms with E-state index in [2.05, 4.69) is 4.74 Å². The van der Waals surface area contributed by atoms with Crippen LogP contribution in [0.1, 0.15) is 18.9 Å². The highest BCUT2D eigenvalue weighted by atomic mass is 16.5. The number of esters is 1. The molecule has 0 aromatic heterocycles. The fourth-order valence-corrected chi connectivity index (χ4v) is 1.60. The van der Waals surface area contributed by atoms with Gasteiger partial charge in [0.05, 0.1) is 14.2 Å². The smallest absolute Gasteiger partial charge is 0.342 e. The maximum absolute atomic E-state index is 11.6. The number of aliphatic hydroxyl groups is 1. The predicted octanol–water partition coefficient (Wildman–Crippen LogP) is 1.47. The summed E-state index contributed by atoms with van der Waals surface area (Å²) in [5.41, 5.74) is -1.23. The van der Waals surface area contributed by atoms with E-state index < -0.39 is 11.6 Å². The van der Waals surface area contributed by atoms with Gasteiger partial charge in [0.2, 0.25) is 0 Å². The number of carbonyl (C=O) groups is 1. The molecule has 0 saturated heterocycles. The zero-order chi connectivity index (χ0) is 12.2. The molecule has 1 rings (SSSR count). The number of ether oxygens (including phenoxy) is 2. The van der Waals surface area contributed by atoms with Crippen molar-refractivity contribution in [2.45, 2.75) is 18.9 Å². The Hall–Kier alpha value is -1.55. The van der Waals surface area contributed by atoms with Crippen molar-refractivity contribution in [2.75, 3.05) is 14.2 Å². The maximum Gasteiger partial charge on any atom is 0.342 e. The van der Waals surface area contributed by atoms with Gasteiger partial charge in [-0.2, -0.15) is 0 Å². The second-order valence-electron chi connectivity index (χ2n) is 3.41. The first-order valence-electron chi connectivity index (χ1n) is 5.04. The average molecular weight is 224 g/mol. The van der Waals surface area contributed by atoms with Gasteiger partial charge in [0.25, 0.3) is 0 Å². The van der Waals surface area contributed by atoms with E-state index in [9.17, 15) is 9.90 Å². The Kier molecular flexibility index (Phi) is 3.90. The number of methoxy groups -OCH3 is 2. The van der Waals surface area contributed by atoms with Crippen molar-refractivity contribution in [2.24, 2.45) is 0 Å². The zero-order valence-electron chi connectivity index (χ0n) is 9.69. The first-order chi connectivity index (χ1) is 7.60. The molecule has 0 aliphatic rings. The highest BCUT2D eigenvalue weighted by molar-refractivity contribution is 5.81. The fraction of sp³-hybridized carbons (Fsp3) is 0.417. The second kappa shape index (κ2) is 4.99. The molecule has 0 radical (unpaired) electrons. The number of para-hydroxylation sites is 1. The summed E-state index contributed by atoms with van der Waals surface area (Å²) in [7, 11) is 2.74. The standard InChI is InChI=1S/C12H16O4/c1-4-12(14,11(13)16-3)9-7-5-6-8-10(9)15-2/h5-8,14H,4H2,1-3H3/t12-/m0/s1. The van der Waals surface area contributed by atoms with Crippen molar-refractivity contribution in [3.05, 3.63) is 29.8 Å². The lowest BCUT2D eigenvalue weighted by atomic mass is 9.90. The molecule has 0 saturated carbocycles. The molecule has 1 aromatic carbocycles. The number of carbonyl (C=O) groups excluding carboxylic acids is 1. The first-order valence-corrected chi connectivity index (χ1v) is 5.04. The van der Waals surface area contributed by atoms with E-state index in [0.29, 0.717) is 11.3 Å². The van der Waals surface area contributed by atoms with Crippen LogP contribution in [0.15, 0.2) is 24.3 Å². The lowest BCUT2D eigenvalue weighted by molar-refractivity contribution is -0.164. The van der Waals surface area contributed by atoms with Gasteiger partial charge in [-0.25, -0.2) is 4.79 Å². The summed E-state index contributed by atoms with van der Waals surface area (Å²) in [5.74, 6) is -0.211. The van der Waals surface area contributed by atoms with Gasteiger partial charge >= 0.3 is 5.97 Å². The van der Waals surface area contributed by atoms with Crippen molar-refractivity contribution in [1.82, 2.24) is 0 Å². The Morgan fingerprint density at radius 1 is 1.38 bits per heavy atom. The molecule has 0 spiro atoms. The summed E-state index contributed by atoms with van der Waals surface area (Å²) in [6.07, 6.45) is 0.222. The third-order valence-corrected chi connectivity index (χ3v) is 2.59. The van der Waals surface area contributed by atoms with Crippen molar-refractivity contribution >= 4 is 5.97 Å². The van der Waals surface area contributed by atoms with E-state index in [1.54, 1.807) is 31.2 Å². The average Bonchev–Trinajstić information content (AvgIpc) is 2.36. The van der Waals surface area contributed by atoms with Gasteiger partial charge in [0, 0.05) is 5.56 Å². The van der Waals surface area contributed by atoms with Crippen LogP contribution in [0.25, 0.3) is 0 Å². The van der Waals surface area contributed by atoms with Crippen LogP contribution in [0.5, 0.6) is 5.75 Å². The van der Waals surface area contributed by atoms with Crippen LogP contribution in [0.3, 0.4) is 0 Å². The fourth-order valence-electron chi connectivity index (χ4n) is 1.60. The van der Waals surface area contributed by atoms with E-state index in [4.69, 9.17) is 4.74 Å². The summed E-state index contributed by atoms with van der Waals surface area (Å²) in [6.45, 7) is 1.71. The van der Waals surface area contributed by atoms with Crippen LogP contribution >= 0.6 is 0 Å². The van der Waals surface area contributed by atoms with Crippen molar-refractivity contribution < 1.29 is 19.4 Å². The van der Waals surface area contributed by atoms with Gasteiger partial charge in [-0.15, -0.1) is 0 Å². The SMILES string of the molecule is CC[C@@](O)(C(=O)OC)c1ccccc1OC. The minimum absolute atomic E-state index is 0.222. The van der Waals surface area contributed by atoms with Gasteiger partial charge in [0.1, 0.15) is 5.75 Å². The lowest BCUT2D eigenvalue weighted by Gasteiger charge is -2.25. The second-order valence-corrected chi connectivity index (χ2v) is 3.41. The highest BCUT2D eigenvalue weighted by Crippen LogP contribution is 2.33. The molecule has 0 amide bonds. The number of hydrogen-bond acceptors (Lipinski definition) is 4. The number of hydrogen-bond donors (Lipinski definition) is 1. The van der Waals surface area contributed by atoms with Crippen molar-refractivity contribution in [3.63, 3.8) is 0 Å². The molecular formula is C12H16O4. The van der Waals surface area contributed by atoms with E-state index in [1.807, 2.05) is 0 Å². The highest BCUT2D eigenvalue weighted by Gasteiger charge is 2.39. The first kappa shape index (κ1) is 12.5. The quantitative estimate of drug-likeness (QED) is 0.787. The van der Waals surface area contributed by atoms with Crippen LogP contribution in [-0.4, -0.2) is 25.3 Å². The molecule has 1 aromatic rings. The third kappa shape index (κ3) is 2.02. The van der Waals surface area contributed by atoms with Crippen LogP contribution in [0.2, 0.25) is 0 Å². The van der Waals surface area contributed by atoms with Gasteiger partial charge in [-0.3, -0.25) is 0 Å². The molecule has 1 atom stereocenters. The van der Waals surface area contributed by atoms with Crippen LogP contribution < -0.4 is 4.74 Å². The molecule has 88 valence electrons. The molecule has 0 unspecified atom stereocenters. The summed E-state index contributed by atoms with van der Waals surface area (Å²) in [4.78, 5) is 11.6. The minimum Gasteiger partial charge on any atom is -0.496 e. The summed E-state index contributed by atoms with van der Waals surface area (Å²) < 4.78 is 9.74. The van der Waals surface area contributed by atoms with Crippen LogP contribution in [0, 0.1) is 0 Å². The lowest BCUT2D eigenvalue weighted by Crippen LogP contribution is -2.36. The molecule has 0 heterocycles. The molecule has 0 bridgehead atoms. The van der Waals surface area contributed by atoms with Crippen molar-refractivity contribution in [1.29, 1.82) is 0 Å². The van der Waals surface area contributed by atoms with Gasteiger partial charge in [-0.05, 0) is 12.5 Å². The van der Waals surface area contributed by atoms with E-state index in [0.717, 1.165) is 0 Å². The number of benzene rings is 1. The minimum atomic E-state index is -1.65. The Bertz CT molecular complexity index is 375. The topological polar surface area (TPSA) is 55.8 Å². The molecule has 4 heteroatoms. The number of rotatable bonds is 4.